The number of rotatable bonds is 20. The Bertz CT molecular complexity index is 7440. The number of carbonyl (C=O) groups is 4. The molecule has 7 aliphatic rings. The van der Waals surface area contributed by atoms with Crippen LogP contribution in [0.4, 0.5) is 81.6 Å². The zero-order valence-corrected chi connectivity index (χ0v) is 78.6. The summed E-state index contributed by atoms with van der Waals surface area (Å²) in [4.78, 5) is 150. The normalized spacial score (nSPS) is 18.6. The number of alkyl halides is 8. The van der Waals surface area contributed by atoms with Gasteiger partial charge in [-0.05, 0) is 102 Å². The molecular formula is C99H97F12N21O11. The number of halogens is 12. The predicted molar refractivity (Wildman–Crippen MR) is 503 cm³/mol. The van der Waals surface area contributed by atoms with Crippen LogP contribution in [0, 0.1) is 34.6 Å². The molecule has 0 saturated carbocycles. The average molecular weight is 1980 g/mol. The summed E-state index contributed by atoms with van der Waals surface area (Å²) in [6.45, 7) is 13.9. The van der Waals surface area contributed by atoms with Crippen LogP contribution in [0.3, 0.4) is 0 Å². The minimum absolute atomic E-state index is 0.000789. The molecule has 2 unspecified atom stereocenters. The molecule has 16 heterocycles. The lowest BCUT2D eigenvalue weighted by molar-refractivity contribution is -0.203. The third-order valence-corrected chi connectivity index (χ3v) is 28.0. The summed E-state index contributed by atoms with van der Waals surface area (Å²) in [7, 11) is 6.04. The van der Waals surface area contributed by atoms with E-state index in [1.54, 1.807) is 56.0 Å². The minimum atomic E-state index is -2.95. The first-order chi connectivity index (χ1) is 68.4. The highest BCUT2D eigenvalue weighted by atomic mass is 19.3. The lowest BCUT2D eigenvalue weighted by atomic mass is 9.74. The maximum atomic E-state index is 14.8. The lowest BCUT2D eigenvalue weighted by Crippen LogP contribution is -2.61. The Hall–Kier alpha value is -14.7. The highest BCUT2D eigenvalue weighted by Crippen LogP contribution is 2.45. The largest absolute Gasteiger partial charge is 0.381 e. The molecule has 1 spiro atoms. The molecule has 4 aromatic carbocycles. The summed E-state index contributed by atoms with van der Waals surface area (Å²) in [5, 5.41) is 13.6. The predicted octanol–water partition coefficient (Wildman–Crippen LogP) is 15.4. The number of nitrogens with zero attached hydrogens (tertiary/aromatic N) is 17. The SMILES string of the molecule is C[C@@H](Nc1ncnc2c1cc(C(=O)N1CC3COCC31)c(=O)n2C)c1cccc(C(F)F)c1F.C[C@@H](Nc1ncnc2c1cc(C(=O)N1CCCC13CCOCC3)c(=O)n2C)c1cccc(C(F)F)c1F.C[C@@H](Nc1ncnc2c1cc(C(=O)N1CC[C@]3(C)CO[C@@H]3C1)c(=O)n2C)c1cccc(C(F)F)c1F.C[C@@H](Nc1ncnc2c1cc(C(=O)N1CCc3cnccc31)c(=O)n2C)c1cccc(C(F)F)c1F. The molecule has 32 nitrogen and oxygen atoms in total. The van der Waals surface area contributed by atoms with E-state index < -0.39 is 135 Å². The number of piperidine rings is 1. The van der Waals surface area contributed by atoms with Crippen molar-refractivity contribution in [3.8, 4) is 0 Å². The van der Waals surface area contributed by atoms with Crippen molar-refractivity contribution in [3.63, 3.8) is 0 Å². The minimum Gasteiger partial charge on any atom is -0.381 e. The Morgan fingerprint density at radius 1 is 0.434 bits per heavy atom. The Balaban J connectivity index is 0.000000131. The van der Waals surface area contributed by atoms with E-state index >= 15 is 0 Å². The van der Waals surface area contributed by atoms with Crippen molar-refractivity contribution in [1.29, 1.82) is 0 Å². The summed E-state index contributed by atoms with van der Waals surface area (Å²) in [6.07, 6.45) is 0.983. The zero-order valence-electron chi connectivity index (χ0n) is 78.6. The molecule has 6 saturated heterocycles. The first-order valence-corrected chi connectivity index (χ1v) is 46.0. The van der Waals surface area contributed by atoms with Gasteiger partial charge in [0.2, 0.25) is 0 Å². The number of aromatic nitrogens is 13. The molecule has 0 radical (unpaired) electrons. The van der Waals surface area contributed by atoms with Crippen molar-refractivity contribution in [3.05, 3.63) is 278 Å². The van der Waals surface area contributed by atoms with Crippen molar-refractivity contribution < 1.29 is 86.1 Å². The fourth-order valence-corrected chi connectivity index (χ4v) is 19.6. The molecule has 0 bridgehead atoms. The number of carbonyl (C=O) groups excluding carboxylic acids is 4. The van der Waals surface area contributed by atoms with Gasteiger partial charge in [-0.2, -0.15) is 0 Å². The molecule has 4 N–H and O–H groups in total. The number of pyridine rings is 5. The lowest BCUT2D eigenvalue weighted by Gasteiger charge is -2.52. The van der Waals surface area contributed by atoms with Gasteiger partial charge in [-0.15, -0.1) is 0 Å². The summed E-state index contributed by atoms with van der Waals surface area (Å²) in [5.74, 6) is -4.35. The van der Waals surface area contributed by atoms with Crippen LogP contribution in [0.1, 0.15) is 208 Å². The topological polar surface area (TPSA) is 361 Å². The summed E-state index contributed by atoms with van der Waals surface area (Å²) >= 11 is 0. The standard InChI is InChI=1S/C26H28F3N5O3.C25H21F3N6O2.C25H26F3N5O3.C23H22F3N5O3/c1-15(16-5-3-6-17(20(16)27)21(28)29)32-22-18-13-19(24(35)33(2)23(18)31-14-30-22)25(36)34-10-4-7-26(34)8-11-37-12-9-26;1-13(15-4-3-5-16(20(15)26)21(27)28)32-22-17-10-18(24(35)33(2)23(17)31-12-30-22)25(36)34-9-7-14-11-29-8-6-19(14)34;1-13(14-5-4-6-15(19(14)26)20(27)28)31-21-16-9-17(23(34)32(3)22(16)30-12-29-21)24(35)33-8-7-25(2)11-36-18(25)10-33;1-11(13-4-3-5-14(18(13)24)19(25)26)29-20-15-6-16(22(32)30(2)21(15)28-10-27-20)23(33)31-7-12-8-34-9-17(12)31/h3,5-6,13-15,21H,4,7-12H2,1-2H3,(H,30,31,32);3-6,8,10-13,21H,7,9H2,1-2H3,(H,30,31,32);4-6,9,12-13,18,20H,7-8,10-11H2,1-3H3,(H,29,30,31);3-6,10-12,17,19H,7-9H2,1-2H3,(H,27,28,29)/t15-;13-;13-,18-,25-;11-,12?,17?/m1111/s1. The molecule has 7 aliphatic heterocycles. The Kier molecular flexibility index (Phi) is 28.4. The van der Waals surface area contributed by atoms with Gasteiger partial charge in [0, 0.05) is 126 Å². The van der Waals surface area contributed by atoms with Crippen LogP contribution in [-0.4, -0.2) is 185 Å². The van der Waals surface area contributed by atoms with Crippen molar-refractivity contribution in [1.82, 2.24) is 77.8 Å². The Morgan fingerprint density at radius 2 is 0.811 bits per heavy atom. The molecule has 44 heteroatoms. The Morgan fingerprint density at radius 3 is 1.18 bits per heavy atom. The fourth-order valence-electron chi connectivity index (χ4n) is 19.6. The Labute approximate surface area is 806 Å². The van der Waals surface area contributed by atoms with E-state index in [-0.39, 0.29) is 125 Å². The van der Waals surface area contributed by atoms with E-state index in [9.17, 15) is 91.0 Å². The summed E-state index contributed by atoms with van der Waals surface area (Å²) < 4.78 is 186. The highest BCUT2D eigenvalue weighted by Gasteiger charge is 2.51. The molecule has 9 aromatic heterocycles. The van der Waals surface area contributed by atoms with Crippen LogP contribution < -0.4 is 48.4 Å². The van der Waals surface area contributed by atoms with Gasteiger partial charge in [-0.3, -0.25) is 61.6 Å². The van der Waals surface area contributed by atoms with E-state index in [1.165, 1.54) is 149 Å². The van der Waals surface area contributed by atoms with Crippen LogP contribution >= 0.6 is 0 Å². The number of anilines is 5. The fraction of sp³-hybridized carbons (Fsp3) is 0.384. The van der Waals surface area contributed by atoms with Gasteiger partial charge in [0.05, 0.1) is 106 Å². The zero-order chi connectivity index (χ0) is 102. The summed E-state index contributed by atoms with van der Waals surface area (Å²) in [5.41, 5.74) is -2.26. The maximum absolute atomic E-state index is 14.8. The number of aryl methyl sites for hydroxylation is 4. The van der Waals surface area contributed by atoms with Crippen molar-refractivity contribution in [2.45, 2.75) is 141 Å². The van der Waals surface area contributed by atoms with Gasteiger partial charge in [0.15, 0.2) is 0 Å². The van der Waals surface area contributed by atoms with E-state index in [4.69, 9.17) is 14.2 Å². The van der Waals surface area contributed by atoms with Gasteiger partial charge in [-0.25, -0.2) is 92.6 Å². The van der Waals surface area contributed by atoms with Crippen molar-refractivity contribution in [2.24, 2.45) is 39.5 Å². The molecule has 748 valence electrons. The third kappa shape index (κ3) is 19.0. The van der Waals surface area contributed by atoms with Gasteiger partial charge < -0.3 is 55.1 Å². The van der Waals surface area contributed by atoms with Gasteiger partial charge >= 0.3 is 0 Å². The second kappa shape index (κ2) is 40.7. The molecule has 13 aromatic rings. The van der Waals surface area contributed by atoms with Crippen LogP contribution in [0.2, 0.25) is 0 Å². The number of benzene rings is 4. The number of ether oxygens (including phenoxy) is 3. The number of hydrogen-bond donors (Lipinski definition) is 4. The van der Waals surface area contributed by atoms with Crippen LogP contribution in [0.15, 0.2) is 160 Å². The van der Waals surface area contributed by atoms with E-state index in [0.29, 0.717) is 99.4 Å². The van der Waals surface area contributed by atoms with Crippen molar-refractivity contribution in [2.75, 3.05) is 91.9 Å². The van der Waals surface area contributed by atoms with Gasteiger partial charge in [-0.1, -0.05) is 79.7 Å². The molecule has 143 heavy (non-hydrogen) atoms. The monoisotopic (exact) mass is 1980 g/mol. The smallest absolute Gasteiger partial charge is 0.266 e. The molecule has 8 atom stereocenters. The number of amides is 4. The molecule has 6 fully saturated rings. The molecular weight excluding hydrogens is 1890 g/mol. The van der Waals surface area contributed by atoms with E-state index in [2.05, 4.69) is 73.0 Å². The van der Waals surface area contributed by atoms with Crippen LogP contribution in [0.5, 0.6) is 0 Å². The number of hydrogen-bond acceptors (Lipinski definition) is 24. The summed E-state index contributed by atoms with van der Waals surface area (Å²) in [6, 6.07) is 19.8. The highest BCUT2D eigenvalue weighted by molar-refractivity contribution is 6.09. The molecule has 0 aliphatic carbocycles. The van der Waals surface area contributed by atoms with Gasteiger partial charge in [0.25, 0.3) is 71.6 Å². The van der Waals surface area contributed by atoms with Crippen LogP contribution in [-0.2, 0) is 48.8 Å². The van der Waals surface area contributed by atoms with Crippen molar-refractivity contribution >= 4 is 96.7 Å². The van der Waals surface area contributed by atoms with E-state index in [1.807, 2.05) is 4.90 Å². The third-order valence-electron chi connectivity index (χ3n) is 28.0. The van der Waals surface area contributed by atoms with E-state index in [0.717, 1.165) is 61.9 Å². The second-order valence-corrected chi connectivity index (χ2v) is 36.6. The molecule has 4 amide bonds. The van der Waals surface area contributed by atoms with Crippen LogP contribution in [0.25, 0.3) is 44.1 Å². The second-order valence-electron chi connectivity index (χ2n) is 36.6. The number of nitrogens with one attached hydrogen (secondary N) is 4. The van der Waals surface area contributed by atoms with Gasteiger partial charge in [0.1, 0.15) is 117 Å². The first kappa shape index (κ1) is 99.9. The number of fused-ring (bicyclic) bond motifs is 7. The first-order valence-electron chi connectivity index (χ1n) is 46.0. The maximum Gasteiger partial charge on any atom is 0.266 e. The number of likely N-dealkylation sites (tertiary alicyclic amines) is 3. The molecule has 20 rings (SSSR count). The average Bonchev–Trinajstić information content (AvgIpc) is 1.70. The quantitative estimate of drug-likeness (QED) is 0.0515.